The summed E-state index contributed by atoms with van der Waals surface area (Å²) in [5.74, 6) is 0.954. The minimum Gasteiger partial charge on any atom is -0.338 e. The van der Waals surface area contributed by atoms with Crippen LogP contribution in [0.1, 0.15) is 40.0 Å². The van der Waals surface area contributed by atoms with Crippen LogP contribution in [0.25, 0.3) is 5.95 Å². The number of nitrogens with zero attached hydrogens (tertiary/aromatic N) is 7. The molecule has 2 aromatic rings. The summed E-state index contributed by atoms with van der Waals surface area (Å²) in [5, 5.41) is 4.18. The van der Waals surface area contributed by atoms with E-state index in [2.05, 4.69) is 50.7 Å². The molecule has 0 aliphatic heterocycles. The van der Waals surface area contributed by atoms with Crippen molar-refractivity contribution in [1.29, 1.82) is 0 Å². The van der Waals surface area contributed by atoms with E-state index in [9.17, 15) is 0 Å². The van der Waals surface area contributed by atoms with E-state index in [0.29, 0.717) is 11.9 Å². The van der Waals surface area contributed by atoms with Gasteiger partial charge in [0.05, 0.1) is 0 Å². The largest absolute Gasteiger partial charge is 0.338 e. The van der Waals surface area contributed by atoms with Gasteiger partial charge in [0.2, 0.25) is 11.2 Å². The number of unbranched alkanes of at least 4 members (excludes halogenated alkanes) is 2. The van der Waals surface area contributed by atoms with Crippen LogP contribution in [-0.4, -0.2) is 42.3 Å². The Bertz CT molecular complexity index is 556. The maximum absolute atomic E-state index is 6.03. The number of aromatic nitrogens is 6. The van der Waals surface area contributed by atoms with Gasteiger partial charge in [0.1, 0.15) is 12.7 Å². The highest BCUT2D eigenvalue weighted by atomic mass is 35.5. The van der Waals surface area contributed by atoms with Crippen LogP contribution in [0.3, 0.4) is 0 Å². The van der Waals surface area contributed by atoms with E-state index in [4.69, 9.17) is 11.6 Å². The topological polar surface area (TPSA) is 72.6 Å². The maximum Gasteiger partial charge on any atom is 0.258 e. The number of rotatable bonds is 7. The third-order valence-electron chi connectivity index (χ3n) is 3.09. The van der Waals surface area contributed by atoms with Crippen molar-refractivity contribution in [3.63, 3.8) is 0 Å². The van der Waals surface area contributed by atoms with Gasteiger partial charge < -0.3 is 4.90 Å². The maximum atomic E-state index is 6.03. The molecule has 0 atom stereocenters. The molecule has 0 spiro atoms. The van der Waals surface area contributed by atoms with Gasteiger partial charge in [0.25, 0.3) is 5.95 Å². The standard InChI is InChI=1S/C13H20ClN7/c1-4-5-6-7-20(10(2)3)12-17-11(14)18-13(19-12)21-9-15-8-16-21/h8-10H,4-7H2,1-3H3. The molecular weight excluding hydrogens is 290 g/mol. The van der Waals surface area contributed by atoms with Crippen molar-refractivity contribution in [3.05, 3.63) is 17.9 Å². The Balaban J connectivity index is 2.27. The monoisotopic (exact) mass is 309 g/mol. The second kappa shape index (κ2) is 7.31. The molecule has 0 amide bonds. The van der Waals surface area contributed by atoms with Crippen molar-refractivity contribution in [1.82, 2.24) is 29.7 Å². The van der Waals surface area contributed by atoms with Crippen LogP contribution in [-0.2, 0) is 0 Å². The number of hydrogen-bond acceptors (Lipinski definition) is 6. The van der Waals surface area contributed by atoms with Crippen molar-refractivity contribution < 1.29 is 0 Å². The van der Waals surface area contributed by atoms with E-state index in [1.165, 1.54) is 30.2 Å². The van der Waals surface area contributed by atoms with E-state index in [1.54, 1.807) is 0 Å². The highest BCUT2D eigenvalue weighted by molar-refractivity contribution is 6.28. The summed E-state index contributed by atoms with van der Waals surface area (Å²) in [5.41, 5.74) is 0. The summed E-state index contributed by atoms with van der Waals surface area (Å²) in [6.07, 6.45) is 6.41. The molecule has 2 aromatic heterocycles. The molecule has 0 fully saturated rings. The lowest BCUT2D eigenvalue weighted by Crippen LogP contribution is -2.33. The first-order valence-electron chi connectivity index (χ1n) is 7.15. The molecule has 0 saturated carbocycles. The van der Waals surface area contributed by atoms with Gasteiger partial charge in [-0.2, -0.15) is 24.7 Å². The molecule has 21 heavy (non-hydrogen) atoms. The Morgan fingerprint density at radius 2 is 2.05 bits per heavy atom. The number of hydrogen-bond donors (Lipinski definition) is 0. The predicted molar refractivity (Wildman–Crippen MR) is 81.8 cm³/mol. The molecule has 2 heterocycles. The van der Waals surface area contributed by atoms with Gasteiger partial charge in [-0.25, -0.2) is 4.98 Å². The minimum atomic E-state index is 0.159. The van der Waals surface area contributed by atoms with E-state index in [0.717, 1.165) is 13.0 Å². The fraction of sp³-hybridized carbons (Fsp3) is 0.615. The molecule has 0 saturated heterocycles. The third kappa shape index (κ3) is 4.10. The zero-order valence-electron chi connectivity index (χ0n) is 12.6. The molecule has 8 heteroatoms. The molecule has 0 bridgehead atoms. The van der Waals surface area contributed by atoms with Gasteiger partial charge in [0, 0.05) is 12.6 Å². The van der Waals surface area contributed by atoms with Crippen molar-refractivity contribution >= 4 is 17.5 Å². The average molecular weight is 310 g/mol. The highest BCUT2D eigenvalue weighted by Crippen LogP contribution is 2.16. The summed E-state index contributed by atoms with van der Waals surface area (Å²) in [6, 6.07) is 0.281. The molecule has 7 nitrogen and oxygen atoms in total. The molecule has 2 rings (SSSR count). The molecule has 0 aliphatic rings. The van der Waals surface area contributed by atoms with Gasteiger partial charge in [-0.15, -0.1) is 0 Å². The Hall–Kier alpha value is -1.76. The predicted octanol–water partition coefficient (Wildman–Crippen LogP) is 2.51. The number of halogens is 1. The smallest absolute Gasteiger partial charge is 0.258 e. The van der Waals surface area contributed by atoms with Gasteiger partial charge in [-0.3, -0.25) is 0 Å². The van der Waals surface area contributed by atoms with E-state index >= 15 is 0 Å². The summed E-state index contributed by atoms with van der Waals surface area (Å²) in [4.78, 5) is 18.8. The molecule has 114 valence electrons. The second-order valence-electron chi connectivity index (χ2n) is 5.04. The minimum absolute atomic E-state index is 0.159. The second-order valence-corrected chi connectivity index (χ2v) is 5.38. The van der Waals surface area contributed by atoms with Crippen molar-refractivity contribution in [2.45, 2.75) is 46.1 Å². The first kappa shape index (κ1) is 15.6. The van der Waals surface area contributed by atoms with Gasteiger partial charge in [0.15, 0.2) is 0 Å². The van der Waals surface area contributed by atoms with Gasteiger partial charge >= 0.3 is 0 Å². The van der Waals surface area contributed by atoms with E-state index in [1.807, 2.05) is 0 Å². The molecule has 0 radical (unpaired) electrons. The van der Waals surface area contributed by atoms with Crippen molar-refractivity contribution in [2.75, 3.05) is 11.4 Å². The Kier molecular flexibility index (Phi) is 5.44. The summed E-state index contributed by atoms with van der Waals surface area (Å²) < 4.78 is 1.47. The fourth-order valence-corrected chi connectivity index (χ4v) is 2.14. The Labute approximate surface area is 129 Å². The van der Waals surface area contributed by atoms with Crippen molar-refractivity contribution in [3.8, 4) is 5.95 Å². The SMILES string of the molecule is CCCCCN(c1nc(Cl)nc(-n2cncn2)n1)C(C)C. The van der Waals surface area contributed by atoms with Crippen LogP contribution < -0.4 is 4.90 Å². The zero-order valence-corrected chi connectivity index (χ0v) is 13.3. The quantitative estimate of drug-likeness (QED) is 0.732. The first-order chi connectivity index (χ1) is 10.1. The van der Waals surface area contributed by atoms with Gasteiger partial charge in [-0.1, -0.05) is 19.8 Å². The van der Waals surface area contributed by atoms with E-state index in [-0.39, 0.29) is 11.3 Å². The van der Waals surface area contributed by atoms with Crippen LogP contribution in [0.15, 0.2) is 12.7 Å². The normalized spacial score (nSPS) is 11.1. The third-order valence-corrected chi connectivity index (χ3v) is 3.26. The van der Waals surface area contributed by atoms with Crippen LogP contribution in [0, 0.1) is 0 Å². The molecule has 0 unspecified atom stereocenters. The summed E-state index contributed by atoms with van der Waals surface area (Å²) in [6.45, 7) is 7.29. The summed E-state index contributed by atoms with van der Waals surface area (Å²) >= 11 is 6.03. The molecule has 0 N–H and O–H groups in total. The van der Waals surface area contributed by atoms with E-state index < -0.39 is 0 Å². The highest BCUT2D eigenvalue weighted by Gasteiger charge is 2.16. The van der Waals surface area contributed by atoms with Crippen LogP contribution in [0.4, 0.5) is 5.95 Å². The number of anilines is 1. The Morgan fingerprint density at radius 1 is 1.24 bits per heavy atom. The average Bonchev–Trinajstić information content (AvgIpc) is 2.96. The molecule has 0 aliphatic carbocycles. The molecular formula is C13H20ClN7. The van der Waals surface area contributed by atoms with Crippen molar-refractivity contribution in [2.24, 2.45) is 0 Å². The lowest BCUT2D eigenvalue weighted by Gasteiger charge is -2.26. The lowest BCUT2D eigenvalue weighted by molar-refractivity contribution is 0.608. The Morgan fingerprint density at radius 3 is 2.67 bits per heavy atom. The fourth-order valence-electron chi connectivity index (χ4n) is 1.99. The zero-order chi connectivity index (χ0) is 15.2. The lowest BCUT2D eigenvalue weighted by atomic mass is 10.2. The molecule has 0 aromatic carbocycles. The van der Waals surface area contributed by atoms with Crippen LogP contribution in [0.2, 0.25) is 5.28 Å². The first-order valence-corrected chi connectivity index (χ1v) is 7.52. The van der Waals surface area contributed by atoms with Gasteiger partial charge in [-0.05, 0) is 31.9 Å². The van der Waals surface area contributed by atoms with Crippen LogP contribution >= 0.6 is 11.6 Å². The summed E-state index contributed by atoms with van der Waals surface area (Å²) in [7, 11) is 0. The van der Waals surface area contributed by atoms with Crippen LogP contribution in [0.5, 0.6) is 0 Å².